The fourth-order valence-electron chi connectivity index (χ4n) is 2.70. The molecule has 4 nitrogen and oxygen atoms in total. The van der Waals surface area contributed by atoms with Gasteiger partial charge in [-0.05, 0) is 30.7 Å². The molecule has 0 fully saturated rings. The Labute approximate surface area is 172 Å². The zero-order valence-corrected chi connectivity index (χ0v) is 17.1. The van der Waals surface area contributed by atoms with Crippen molar-refractivity contribution in [1.82, 2.24) is 9.80 Å². The van der Waals surface area contributed by atoms with Gasteiger partial charge in [0.2, 0.25) is 0 Å². The lowest BCUT2D eigenvalue weighted by Crippen LogP contribution is -2.43. The van der Waals surface area contributed by atoms with Gasteiger partial charge in [0.1, 0.15) is 5.03 Å². The molecular formula is C20H18Cl2N2O2S. The number of aliphatic hydroxyl groups is 1. The Balaban J connectivity index is 2.04. The van der Waals surface area contributed by atoms with Crippen LogP contribution in [0.5, 0.6) is 0 Å². The minimum Gasteiger partial charge on any atom is -0.386 e. The number of rotatable bonds is 5. The van der Waals surface area contributed by atoms with Gasteiger partial charge in [0.25, 0.3) is 0 Å². The first kappa shape index (κ1) is 19.9. The number of carbonyl (C=O) groups excluding carboxylic acids is 1. The van der Waals surface area contributed by atoms with Crippen LogP contribution in [-0.2, 0) is 6.54 Å². The highest BCUT2D eigenvalue weighted by Gasteiger charge is 2.30. The van der Waals surface area contributed by atoms with Crippen molar-refractivity contribution < 1.29 is 9.90 Å². The van der Waals surface area contributed by atoms with Gasteiger partial charge in [0, 0.05) is 22.0 Å². The van der Waals surface area contributed by atoms with E-state index in [1.807, 2.05) is 30.3 Å². The highest BCUT2D eigenvalue weighted by atomic mass is 35.5. The van der Waals surface area contributed by atoms with E-state index >= 15 is 0 Å². The van der Waals surface area contributed by atoms with E-state index < -0.39 is 6.10 Å². The van der Waals surface area contributed by atoms with E-state index in [-0.39, 0.29) is 6.03 Å². The number of amides is 2. The van der Waals surface area contributed by atoms with Crippen LogP contribution in [0.1, 0.15) is 12.5 Å². The van der Waals surface area contributed by atoms with E-state index in [2.05, 4.69) is 5.73 Å². The molecule has 0 spiro atoms. The zero-order chi connectivity index (χ0) is 19.6. The molecule has 0 bridgehead atoms. The highest BCUT2D eigenvalue weighted by Crippen LogP contribution is 2.36. The third-order valence-corrected chi connectivity index (χ3v) is 5.41. The summed E-state index contributed by atoms with van der Waals surface area (Å²) in [6.45, 7) is 2.00. The smallest absolute Gasteiger partial charge is 0.330 e. The molecular weight excluding hydrogens is 403 g/mol. The first-order valence-corrected chi connectivity index (χ1v) is 9.84. The van der Waals surface area contributed by atoms with Crippen LogP contribution in [-0.4, -0.2) is 34.1 Å². The minimum atomic E-state index is -0.823. The van der Waals surface area contributed by atoms with Gasteiger partial charge in [0.15, 0.2) is 0 Å². The van der Waals surface area contributed by atoms with Crippen molar-refractivity contribution >= 4 is 41.0 Å². The maximum absolute atomic E-state index is 13.0. The fraction of sp³-hybridized carbons (Fsp3) is 0.200. The van der Waals surface area contributed by atoms with Crippen molar-refractivity contribution in [3.8, 4) is 0 Å². The third-order valence-electron chi connectivity index (χ3n) is 3.99. The number of thioether (sulfide) groups is 1. The van der Waals surface area contributed by atoms with Gasteiger partial charge >= 0.3 is 6.03 Å². The number of likely N-dealkylation sites (N-methyl/N-ethyl adjacent to an activating group) is 1. The molecule has 2 aromatic rings. The molecule has 0 aliphatic carbocycles. The van der Waals surface area contributed by atoms with Gasteiger partial charge in [-0.2, -0.15) is 0 Å². The second-order valence-electron chi connectivity index (χ2n) is 6.11. The maximum atomic E-state index is 13.0. The van der Waals surface area contributed by atoms with E-state index in [1.54, 1.807) is 37.1 Å². The average molecular weight is 421 g/mol. The largest absolute Gasteiger partial charge is 0.386 e. The summed E-state index contributed by atoms with van der Waals surface area (Å²) in [6, 6.07) is 14.7. The van der Waals surface area contributed by atoms with Crippen LogP contribution in [0, 0.1) is 0 Å². The Morgan fingerprint density at radius 3 is 2.37 bits per heavy atom. The molecule has 1 atom stereocenters. The van der Waals surface area contributed by atoms with Crippen LogP contribution in [0.3, 0.4) is 0 Å². The molecule has 7 heteroatoms. The Bertz CT molecular complexity index is 905. The first-order chi connectivity index (χ1) is 12.8. The number of halogens is 2. The lowest BCUT2D eigenvalue weighted by Gasteiger charge is -2.33. The maximum Gasteiger partial charge on any atom is 0.330 e. The number of carbonyl (C=O) groups is 1. The summed E-state index contributed by atoms with van der Waals surface area (Å²) >= 11 is 13.5. The van der Waals surface area contributed by atoms with Crippen LogP contribution < -0.4 is 0 Å². The summed E-state index contributed by atoms with van der Waals surface area (Å²) in [7, 11) is 1.63. The fourth-order valence-corrected chi connectivity index (χ4v) is 4.36. The molecule has 140 valence electrons. The first-order valence-electron chi connectivity index (χ1n) is 8.27. The molecule has 3 rings (SSSR count). The van der Waals surface area contributed by atoms with Gasteiger partial charge in [-0.15, -0.1) is 0 Å². The van der Waals surface area contributed by atoms with Crippen LogP contribution in [0.25, 0.3) is 0 Å². The van der Waals surface area contributed by atoms with Crippen molar-refractivity contribution in [3.63, 3.8) is 0 Å². The third kappa shape index (κ3) is 4.70. The molecule has 2 aromatic carbocycles. The number of benzene rings is 2. The van der Waals surface area contributed by atoms with E-state index in [4.69, 9.17) is 23.2 Å². The molecule has 1 aliphatic rings. The lowest BCUT2D eigenvalue weighted by molar-refractivity contribution is 0.156. The standard InChI is InChI=1S/C20H18Cl2N2O2S/c1-13(25)18-11-19(27-17-9-15(21)8-16(22)10-17)24(20(26)23(18)2)12-14-6-4-3-5-7-14/h3-10,13,25H,12H2,1-2H3. The molecule has 0 saturated carbocycles. The van der Waals surface area contributed by atoms with Crippen LogP contribution >= 0.6 is 35.0 Å². The Hall–Kier alpha value is -1.88. The van der Waals surface area contributed by atoms with Gasteiger partial charge in [-0.3, -0.25) is 9.80 Å². The summed E-state index contributed by atoms with van der Waals surface area (Å²) in [5.41, 5.74) is 4.59. The SMILES string of the molecule is CC(O)C1=C=C(Sc2cc(Cl)cc(Cl)c2)N(Cc2ccccc2)C(=O)N1C. The number of hydrogen-bond donors (Lipinski definition) is 1. The van der Waals surface area contributed by atoms with E-state index in [0.717, 1.165) is 10.5 Å². The van der Waals surface area contributed by atoms with Crippen LogP contribution in [0.2, 0.25) is 10.0 Å². The van der Waals surface area contributed by atoms with Gasteiger partial charge in [-0.1, -0.05) is 71.0 Å². The minimum absolute atomic E-state index is 0.232. The number of nitrogens with zero attached hydrogens (tertiary/aromatic N) is 2. The van der Waals surface area contributed by atoms with Crippen molar-refractivity contribution in [2.24, 2.45) is 0 Å². The van der Waals surface area contributed by atoms with Crippen molar-refractivity contribution in [3.05, 3.63) is 80.6 Å². The van der Waals surface area contributed by atoms with Gasteiger partial charge in [0.05, 0.1) is 18.3 Å². The predicted molar refractivity (Wildman–Crippen MR) is 110 cm³/mol. The van der Waals surface area contributed by atoms with Gasteiger partial charge in [-0.25, -0.2) is 4.79 Å². The van der Waals surface area contributed by atoms with Crippen LogP contribution in [0.4, 0.5) is 4.79 Å². The highest BCUT2D eigenvalue weighted by molar-refractivity contribution is 8.03. The topological polar surface area (TPSA) is 43.8 Å². The number of hydrogen-bond acceptors (Lipinski definition) is 3. The molecule has 1 unspecified atom stereocenters. The molecule has 1 N–H and O–H groups in total. The van der Waals surface area contributed by atoms with Crippen molar-refractivity contribution in [2.45, 2.75) is 24.5 Å². The quantitative estimate of drug-likeness (QED) is 0.662. The molecule has 0 aromatic heterocycles. The van der Waals surface area contributed by atoms with E-state index in [0.29, 0.717) is 27.3 Å². The van der Waals surface area contributed by atoms with Crippen LogP contribution in [0.15, 0.2) is 69.9 Å². The van der Waals surface area contributed by atoms with Crippen molar-refractivity contribution in [2.75, 3.05) is 7.05 Å². The Morgan fingerprint density at radius 2 is 1.78 bits per heavy atom. The summed E-state index contributed by atoms with van der Waals surface area (Å²) in [5, 5.41) is 11.6. The number of urea groups is 1. The second-order valence-corrected chi connectivity index (χ2v) is 8.05. The molecule has 27 heavy (non-hydrogen) atoms. The van der Waals surface area contributed by atoms with E-state index in [1.165, 1.54) is 16.7 Å². The van der Waals surface area contributed by atoms with Crippen molar-refractivity contribution in [1.29, 1.82) is 0 Å². The average Bonchev–Trinajstić information content (AvgIpc) is 2.61. The van der Waals surface area contributed by atoms with Gasteiger partial charge < -0.3 is 5.11 Å². The molecule has 0 saturated heterocycles. The number of aliphatic hydroxyl groups excluding tert-OH is 1. The molecule has 1 aliphatic heterocycles. The molecule has 1 heterocycles. The summed E-state index contributed by atoms with van der Waals surface area (Å²) < 4.78 is 0. The molecule has 0 radical (unpaired) electrons. The monoisotopic (exact) mass is 420 g/mol. The lowest BCUT2D eigenvalue weighted by atomic mass is 10.2. The normalized spacial score (nSPS) is 15.5. The zero-order valence-electron chi connectivity index (χ0n) is 14.8. The summed E-state index contributed by atoms with van der Waals surface area (Å²) in [6.07, 6.45) is -0.823. The summed E-state index contributed by atoms with van der Waals surface area (Å²) in [5.74, 6) is 0. The van der Waals surface area contributed by atoms with E-state index in [9.17, 15) is 9.90 Å². The summed E-state index contributed by atoms with van der Waals surface area (Å²) in [4.78, 5) is 16.8. The predicted octanol–water partition coefficient (Wildman–Crippen LogP) is 5.36. The Kier molecular flexibility index (Phi) is 6.20. The Morgan fingerprint density at radius 1 is 1.15 bits per heavy atom. The molecule has 2 amide bonds. The second kappa shape index (κ2) is 8.42.